The topological polar surface area (TPSA) is 39.7 Å². The molecule has 0 saturated carbocycles. The normalized spacial score (nSPS) is 10.6. The van der Waals surface area contributed by atoms with Crippen molar-refractivity contribution in [2.45, 2.75) is 13.3 Å². The molecular formula is C15H25NO3. The smallest absolute Gasteiger partial charge is 0.119 e. The molecule has 19 heavy (non-hydrogen) atoms. The van der Waals surface area contributed by atoms with Crippen LogP contribution in [-0.2, 0) is 15.9 Å². The molecule has 108 valence electrons. The van der Waals surface area contributed by atoms with Crippen LogP contribution >= 0.6 is 0 Å². The summed E-state index contributed by atoms with van der Waals surface area (Å²) in [5.74, 6) is 0.925. The molecule has 1 aromatic rings. The molecule has 0 saturated heterocycles. The van der Waals surface area contributed by atoms with Crippen molar-refractivity contribution in [3.8, 4) is 5.75 Å². The maximum atomic E-state index is 5.56. The zero-order valence-corrected chi connectivity index (χ0v) is 12.0. The van der Waals surface area contributed by atoms with Crippen LogP contribution in [0.1, 0.15) is 12.5 Å². The highest BCUT2D eigenvalue weighted by molar-refractivity contribution is 5.27. The lowest BCUT2D eigenvalue weighted by molar-refractivity contribution is 0.135. The van der Waals surface area contributed by atoms with Crippen molar-refractivity contribution in [3.05, 3.63) is 29.8 Å². The number of rotatable bonds is 11. The fourth-order valence-corrected chi connectivity index (χ4v) is 1.65. The van der Waals surface area contributed by atoms with E-state index in [9.17, 15) is 0 Å². The van der Waals surface area contributed by atoms with Crippen LogP contribution in [0.15, 0.2) is 24.3 Å². The molecule has 1 rings (SSSR count). The number of methoxy groups -OCH3 is 1. The molecule has 4 nitrogen and oxygen atoms in total. The van der Waals surface area contributed by atoms with Crippen molar-refractivity contribution < 1.29 is 14.2 Å². The molecule has 0 atom stereocenters. The zero-order chi connectivity index (χ0) is 13.8. The van der Waals surface area contributed by atoms with E-state index < -0.39 is 0 Å². The van der Waals surface area contributed by atoms with Crippen LogP contribution in [0.3, 0.4) is 0 Å². The first-order chi connectivity index (χ1) is 9.36. The summed E-state index contributed by atoms with van der Waals surface area (Å²) in [5, 5.41) is 3.24. The van der Waals surface area contributed by atoms with Gasteiger partial charge in [0.25, 0.3) is 0 Å². The van der Waals surface area contributed by atoms with Crippen LogP contribution in [-0.4, -0.2) is 46.6 Å². The lowest BCUT2D eigenvalue weighted by Crippen LogP contribution is -2.23. The van der Waals surface area contributed by atoms with Crippen LogP contribution in [0.5, 0.6) is 5.75 Å². The molecule has 1 aromatic carbocycles. The van der Waals surface area contributed by atoms with E-state index in [1.54, 1.807) is 7.11 Å². The lowest BCUT2D eigenvalue weighted by atomic mass is 10.1. The second-order valence-corrected chi connectivity index (χ2v) is 4.18. The minimum Gasteiger partial charge on any atom is -0.494 e. The highest BCUT2D eigenvalue weighted by Crippen LogP contribution is 2.12. The third kappa shape index (κ3) is 7.82. The Morgan fingerprint density at radius 3 is 2.42 bits per heavy atom. The van der Waals surface area contributed by atoms with Gasteiger partial charge in [-0.05, 0) is 31.0 Å². The monoisotopic (exact) mass is 267 g/mol. The standard InChI is InChI=1S/C15H25NO3/c1-3-19-15-6-4-14(5-7-15)8-11-18-13-10-16-9-12-17-2/h4-7,16H,3,8-13H2,1-2H3. The summed E-state index contributed by atoms with van der Waals surface area (Å²) in [4.78, 5) is 0. The first kappa shape index (κ1) is 16.0. The van der Waals surface area contributed by atoms with Crippen molar-refractivity contribution in [2.75, 3.05) is 46.6 Å². The summed E-state index contributed by atoms with van der Waals surface area (Å²) in [6.07, 6.45) is 0.935. The minimum absolute atomic E-state index is 0.707. The van der Waals surface area contributed by atoms with Crippen LogP contribution < -0.4 is 10.1 Å². The predicted molar refractivity (Wildman–Crippen MR) is 76.9 cm³/mol. The van der Waals surface area contributed by atoms with Crippen molar-refractivity contribution in [1.82, 2.24) is 5.32 Å². The van der Waals surface area contributed by atoms with Crippen LogP contribution in [0.25, 0.3) is 0 Å². The van der Waals surface area contributed by atoms with Crippen LogP contribution in [0.2, 0.25) is 0 Å². The van der Waals surface area contributed by atoms with Crippen LogP contribution in [0.4, 0.5) is 0 Å². The van der Waals surface area contributed by atoms with Gasteiger partial charge < -0.3 is 19.5 Å². The van der Waals surface area contributed by atoms with Gasteiger partial charge in [0, 0.05) is 20.2 Å². The Morgan fingerprint density at radius 2 is 1.74 bits per heavy atom. The van der Waals surface area contributed by atoms with Gasteiger partial charge >= 0.3 is 0 Å². The number of nitrogens with one attached hydrogen (secondary N) is 1. The predicted octanol–water partition coefficient (Wildman–Crippen LogP) is 1.88. The van der Waals surface area contributed by atoms with Gasteiger partial charge in [-0.25, -0.2) is 0 Å². The Bertz CT molecular complexity index is 314. The van der Waals surface area contributed by atoms with Crippen molar-refractivity contribution in [2.24, 2.45) is 0 Å². The molecule has 0 unspecified atom stereocenters. The molecule has 4 heteroatoms. The number of hydrogen-bond donors (Lipinski definition) is 1. The molecule has 0 aliphatic carbocycles. The van der Waals surface area contributed by atoms with E-state index in [-0.39, 0.29) is 0 Å². The molecule has 0 heterocycles. The van der Waals surface area contributed by atoms with Gasteiger partial charge in [-0.1, -0.05) is 12.1 Å². The van der Waals surface area contributed by atoms with Crippen LogP contribution in [0, 0.1) is 0 Å². The maximum absolute atomic E-state index is 5.56. The van der Waals surface area contributed by atoms with Crippen molar-refractivity contribution in [1.29, 1.82) is 0 Å². The Kier molecular flexibility index (Phi) is 9.06. The molecular weight excluding hydrogens is 242 g/mol. The molecule has 0 radical (unpaired) electrons. The van der Waals surface area contributed by atoms with Gasteiger partial charge in [-0.2, -0.15) is 0 Å². The van der Waals surface area contributed by atoms with E-state index in [0.29, 0.717) is 6.61 Å². The van der Waals surface area contributed by atoms with E-state index in [2.05, 4.69) is 17.4 Å². The number of ether oxygens (including phenoxy) is 3. The fraction of sp³-hybridized carbons (Fsp3) is 0.600. The Balaban J connectivity index is 2.02. The molecule has 0 aliphatic rings. The Morgan fingerprint density at radius 1 is 1.00 bits per heavy atom. The summed E-state index contributed by atoms with van der Waals surface area (Å²) >= 11 is 0. The molecule has 0 fully saturated rings. The second-order valence-electron chi connectivity index (χ2n) is 4.18. The zero-order valence-electron chi connectivity index (χ0n) is 12.0. The molecule has 0 bridgehead atoms. The summed E-state index contributed by atoms with van der Waals surface area (Å²) in [5.41, 5.74) is 1.27. The molecule has 0 aliphatic heterocycles. The van der Waals surface area contributed by atoms with E-state index >= 15 is 0 Å². The molecule has 0 amide bonds. The molecule has 0 aromatic heterocycles. The fourth-order valence-electron chi connectivity index (χ4n) is 1.65. The number of hydrogen-bond acceptors (Lipinski definition) is 4. The van der Waals surface area contributed by atoms with Crippen molar-refractivity contribution in [3.63, 3.8) is 0 Å². The van der Waals surface area contributed by atoms with E-state index in [4.69, 9.17) is 14.2 Å². The van der Waals surface area contributed by atoms with Gasteiger partial charge in [0.1, 0.15) is 5.75 Å². The van der Waals surface area contributed by atoms with Gasteiger partial charge in [-0.3, -0.25) is 0 Å². The quantitative estimate of drug-likeness (QED) is 0.621. The summed E-state index contributed by atoms with van der Waals surface area (Å²) in [6.45, 7) is 6.67. The van der Waals surface area contributed by atoms with E-state index in [1.807, 2.05) is 19.1 Å². The lowest BCUT2D eigenvalue weighted by Gasteiger charge is -2.07. The third-order valence-corrected chi connectivity index (χ3v) is 2.68. The average molecular weight is 267 g/mol. The largest absolute Gasteiger partial charge is 0.494 e. The SMILES string of the molecule is CCOc1ccc(CCOCCNCCOC)cc1. The van der Waals surface area contributed by atoms with Crippen molar-refractivity contribution >= 4 is 0 Å². The van der Waals surface area contributed by atoms with Gasteiger partial charge in [0.2, 0.25) is 0 Å². The highest BCUT2D eigenvalue weighted by atomic mass is 16.5. The average Bonchev–Trinajstić information content (AvgIpc) is 2.44. The minimum atomic E-state index is 0.707. The Hall–Kier alpha value is -1.10. The first-order valence-electron chi connectivity index (χ1n) is 6.86. The molecule has 1 N–H and O–H groups in total. The second kappa shape index (κ2) is 10.8. The number of benzene rings is 1. The summed E-state index contributed by atoms with van der Waals surface area (Å²) < 4.78 is 15.9. The first-order valence-corrected chi connectivity index (χ1v) is 6.86. The van der Waals surface area contributed by atoms with Gasteiger partial charge in [-0.15, -0.1) is 0 Å². The molecule has 0 spiro atoms. The van der Waals surface area contributed by atoms with E-state index in [0.717, 1.165) is 45.1 Å². The highest BCUT2D eigenvalue weighted by Gasteiger charge is 1.96. The summed E-state index contributed by atoms with van der Waals surface area (Å²) in [7, 11) is 1.70. The van der Waals surface area contributed by atoms with Gasteiger partial charge in [0.15, 0.2) is 0 Å². The maximum Gasteiger partial charge on any atom is 0.119 e. The van der Waals surface area contributed by atoms with Gasteiger partial charge in [0.05, 0.1) is 26.4 Å². The third-order valence-electron chi connectivity index (χ3n) is 2.68. The van der Waals surface area contributed by atoms with E-state index in [1.165, 1.54) is 5.56 Å². The Labute approximate surface area is 116 Å². The summed E-state index contributed by atoms with van der Waals surface area (Å²) in [6, 6.07) is 8.19.